The van der Waals surface area contributed by atoms with Gasteiger partial charge >= 0.3 is 11.7 Å². The molecular formula is C15H15N5O6. The highest BCUT2D eigenvalue weighted by atomic mass is 16.6. The summed E-state index contributed by atoms with van der Waals surface area (Å²) in [6.07, 6.45) is 1.78. The molecule has 11 heteroatoms. The zero-order valence-corrected chi connectivity index (χ0v) is 13.7. The van der Waals surface area contributed by atoms with Gasteiger partial charge in [-0.3, -0.25) is 25.7 Å². The minimum atomic E-state index is -0.778. The zero-order valence-electron chi connectivity index (χ0n) is 13.7. The molecule has 0 fully saturated rings. The van der Waals surface area contributed by atoms with Crippen molar-refractivity contribution in [1.82, 2.24) is 4.98 Å². The second-order valence-electron chi connectivity index (χ2n) is 4.98. The van der Waals surface area contributed by atoms with Gasteiger partial charge in [0.15, 0.2) is 5.71 Å². The van der Waals surface area contributed by atoms with Crippen molar-refractivity contribution < 1.29 is 19.4 Å². The number of aromatic nitrogens is 1. The van der Waals surface area contributed by atoms with Gasteiger partial charge in [-0.1, -0.05) is 0 Å². The lowest BCUT2D eigenvalue weighted by atomic mass is 10.2. The van der Waals surface area contributed by atoms with Crippen LogP contribution in [0, 0.1) is 20.2 Å². The molecule has 0 amide bonds. The van der Waals surface area contributed by atoms with E-state index in [0.29, 0.717) is 5.69 Å². The summed E-state index contributed by atoms with van der Waals surface area (Å²) < 4.78 is 4.92. The number of hydrogen-bond donors (Lipinski definition) is 2. The van der Waals surface area contributed by atoms with Crippen molar-refractivity contribution in [3.8, 4) is 0 Å². The fourth-order valence-corrected chi connectivity index (χ4v) is 2.04. The highest BCUT2D eigenvalue weighted by molar-refractivity contribution is 6.37. The van der Waals surface area contributed by atoms with E-state index in [1.807, 2.05) is 0 Å². The summed E-state index contributed by atoms with van der Waals surface area (Å²) in [5.41, 5.74) is 2.05. The number of nitrogens with zero attached hydrogens (tertiary/aromatic N) is 3. The number of aromatic amines is 1. The Morgan fingerprint density at radius 2 is 2.04 bits per heavy atom. The maximum atomic E-state index is 12.0. The van der Waals surface area contributed by atoms with Crippen LogP contribution in [0.3, 0.4) is 0 Å². The Balaban J connectivity index is 2.31. The first-order chi connectivity index (χ1) is 12.4. The van der Waals surface area contributed by atoms with Gasteiger partial charge in [-0.2, -0.15) is 5.10 Å². The SMILES string of the molecule is CCOC(=O)/C(Cc1ccc[nH]1)=N\Nc1ccc([N+](=O)[O-])cc1[N+](=O)[O-]. The average molecular weight is 361 g/mol. The summed E-state index contributed by atoms with van der Waals surface area (Å²) >= 11 is 0. The molecule has 26 heavy (non-hydrogen) atoms. The van der Waals surface area contributed by atoms with Gasteiger partial charge in [0.05, 0.1) is 22.5 Å². The van der Waals surface area contributed by atoms with Gasteiger partial charge in [-0.15, -0.1) is 0 Å². The molecule has 11 nitrogen and oxygen atoms in total. The number of carbonyl (C=O) groups is 1. The van der Waals surface area contributed by atoms with Crippen molar-refractivity contribution >= 4 is 28.7 Å². The van der Waals surface area contributed by atoms with Gasteiger partial charge in [-0.05, 0) is 25.1 Å². The molecule has 2 aromatic rings. The first-order valence-corrected chi connectivity index (χ1v) is 7.47. The van der Waals surface area contributed by atoms with Crippen molar-refractivity contribution in [2.45, 2.75) is 13.3 Å². The Kier molecular flexibility index (Phi) is 5.98. The van der Waals surface area contributed by atoms with Crippen molar-refractivity contribution in [1.29, 1.82) is 0 Å². The molecule has 0 aliphatic heterocycles. The average Bonchev–Trinajstić information content (AvgIpc) is 3.11. The van der Waals surface area contributed by atoms with Gasteiger partial charge < -0.3 is 9.72 Å². The molecule has 1 aromatic heterocycles. The number of non-ortho nitro benzene ring substituents is 1. The molecule has 2 rings (SSSR count). The van der Waals surface area contributed by atoms with E-state index >= 15 is 0 Å². The molecule has 0 radical (unpaired) electrons. The molecule has 2 N–H and O–H groups in total. The number of carbonyl (C=O) groups excluding carboxylic acids is 1. The van der Waals surface area contributed by atoms with Gasteiger partial charge in [-0.25, -0.2) is 4.79 Å². The number of esters is 1. The van der Waals surface area contributed by atoms with E-state index in [1.54, 1.807) is 25.3 Å². The molecule has 0 saturated heterocycles. The van der Waals surface area contributed by atoms with E-state index < -0.39 is 27.2 Å². The largest absolute Gasteiger partial charge is 0.461 e. The normalized spacial score (nSPS) is 11.0. The molecule has 0 aliphatic rings. The molecule has 0 unspecified atom stereocenters. The third kappa shape index (κ3) is 4.63. The quantitative estimate of drug-likeness (QED) is 0.317. The van der Waals surface area contributed by atoms with Crippen LogP contribution in [0.25, 0.3) is 0 Å². The Morgan fingerprint density at radius 3 is 2.62 bits per heavy atom. The minimum absolute atomic E-state index is 0.0121. The number of nitro benzene ring substituents is 2. The Bertz CT molecular complexity index is 846. The van der Waals surface area contributed by atoms with E-state index in [9.17, 15) is 25.0 Å². The van der Waals surface area contributed by atoms with Gasteiger partial charge in [0.25, 0.3) is 5.69 Å². The fraction of sp³-hybridized carbons (Fsp3) is 0.200. The van der Waals surface area contributed by atoms with Gasteiger partial charge in [0.1, 0.15) is 5.69 Å². The lowest BCUT2D eigenvalue weighted by molar-refractivity contribution is -0.393. The topological polar surface area (TPSA) is 153 Å². The summed E-state index contributed by atoms with van der Waals surface area (Å²) in [5.74, 6) is -0.681. The third-order valence-corrected chi connectivity index (χ3v) is 3.23. The maximum Gasteiger partial charge on any atom is 0.354 e. The first kappa shape index (κ1) is 18.6. The van der Waals surface area contributed by atoms with Gasteiger partial charge in [0.2, 0.25) is 0 Å². The van der Waals surface area contributed by atoms with Crippen LogP contribution in [0.5, 0.6) is 0 Å². The summed E-state index contributed by atoms with van der Waals surface area (Å²) in [6, 6.07) is 6.54. The second kappa shape index (κ2) is 8.37. The highest BCUT2D eigenvalue weighted by Crippen LogP contribution is 2.28. The summed E-state index contributed by atoms with van der Waals surface area (Å²) in [7, 11) is 0. The number of nitro groups is 2. The number of hydrogen-bond acceptors (Lipinski definition) is 8. The smallest absolute Gasteiger partial charge is 0.354 e. The molecular weight excluding hydrogens is 346 g/mol. The van der Waals surface area contributed by atoms with Crippen molar-refractivity contribution in [3.05, 3.63) is 62.5 Å². The van der Waals surface area contributed by atoms with Crippen molar-refractivity contribution in [3.63, 3.8) is 0 Å². The van der Waals surface area contributed by atoms with Crippen molar-refractivity contribution in [2.24, 2.45) is 5.10 Å². The molecule has 0 spiro atoms. The Hall–Kier alpha value is -3.76. The lowest BCUT2D eigenvalue weighted by Gasteiger charge is -2.07. The number of anilines is 1. The zero-order chi connectivity index (χ0) is 19.1. The van der Waals surface area contributed by atoms with E-state index in [1.165, 1.54) is 0 Å². The number of ether oxygens (including phenoxy) is 1. The number of nitrogens with one attached hydrogen (secondary N) is 2. The van der Waals surface area contributed by atoms with Crippen LogP contribution in [-0.4, -0.2) is 33.1 Å². The molecule has 1 aromatic carbocycles. The predicted octanol–water partition coefficient (Wildman–Crippen LogP) is 2.40. The lowest BCUT2D eigenvalue weighted by Crippen LogP contribution is -2.21. The monoisotopic (exact) mass is 361 g/mol. The molecule has 0 saturated carbocycles. The highest BCUT2D eigenvalue weighted by Gasteiger charge is 2.20. The van der Waals surface area contributed by atoms with E-state index in [-0.39, 0.29) is 24.4 Å². The molecule has 0 atom stereocenters. The van der Waals surface area contributed by atoms with Crippen LogP contribution in [-0.2, 0) is 16.0 Å². The van der Waals surface area contributed by atoms with Crippen LogP contribution in [0.2, 0.25) is 0 Å². The first-order valence-electron chi connectivity index (χ1n) is 7.47. The Labute approximate surface area is 147 Å². The van der Waals surface area contributed by atoms with Crippen LogP contribution < -0.4 is 5.43 Å². The van der Waals surface area contributed by atoms with Crippen LogP contribution >= 0.6 is 0 Å². The van der Waals surface area contributed by atoms with E-state index in [2.05, 4.69) is 15.5 Å². The maximum absolute atomic E-state index is 12.0. The van der Waals surface area contributed by atoms with Crippen LogP contribution in [0.4, 0.5) is 17.1 Å². The number of H-pyrrole nitrogens is 1. The minimum Gasteiger partial charge on any atom is -0.461 e. The molecule has 136 valence electrons. The summed E-state index contributed by atoms with van der Waals surface area (Å²) in [4.78, 5) is 35.3. The predicted molar refractivity (Wildman–Crippen MR) is 91.9 cm³/mol. The van der Waals surface area contributed by atoms with Gasteiger partial charge in [0, 0.05) is 24.4 Å². The standard InChI is InChI=1S/C15H15N5O6/c1-2-26-15(21)13(8-10-4-3-7-16-10)18-17-12-6-5-11(19(22)23)9-14(12)20(24)25/h3-7,9,16-17H,2,8H2,1H3/b18-13-. The van der Waals surface area contributed by atoms with E-state index in [4.69, 9.17) is 4.74 Å². The van der Waals surface area contributed by atoms with Crippen LogP contribution in [0.15, 0.2) is 41.6 Å². The number of rotatable bonds is 8. The third-order valence-electron chi connectivity index (χ3n) is 3.23. The molecule has 1 heterocycles. The number of hydrazone groups is 1. The van der Waals surface area contributed by atoms with E-state index in [0.717, 1.165) is 18.2 Å². The second-order valence-corrected chi connectivity index (χ2v) is 4.98. The molecule has 0 bridgehead atoms. The summed E-state index contributed by atoms with van der Waals surface area (Å²) in [5, 5.41) is 25.8. The van der Waals surface area contributed by atoms with Crippen molar-refractivity contribution in [2.75, 3.05) is 12.0 Å². The number of benzene rings is 1. The van der Waals surface area contributed by atoms with Crippen LogP contribution in [0.1, 0.15) is 12.6 Å². The Morgan fingerprint density at radius 1 is 1.27 bits per heavy atom. The fourth-order valence-electron chi connectivity index (χ4n) is 2.04. The molecule has 0 aliphatic carbocycles. The summed E-state index contributed by atoms with van der Waals surface area (Å²) in [6.45, 7) is 1.78.